The molecule has 0 aliphatic carbocycles. The first-order chi connectivity index (χ1) is 13.0. The molecule has 0 aromatic heterocycles. The highest BCUT2D eigenvalue weighted by molar-refractivity contribution is 5.76. The SMILES string of the molecule is CC(=O)N1CCN(CCC(=O)N2CCN(CC3CCN(C)CC3)CC2)CC1. The average Bonchev–Trinajstić information content (AvgIpc) is 2.69. The summed E-state index contributed by atoms with van der Waals surface area (Å²) in [7, 11) is 2.21. The van der Waals surface area contributed by atoms with Crippen LogP contribution in [0.25, 0.3) is 0 Å². The van der Waals surface area contributed by atoms with E-state index < -0.39 is 0 Å². The zero-order valence-corrected chi connectivity index (χ0v) is 17.2. The van der Waals surface area contributed by atoms with Crippen LogP contribution in [0.4, 0.5) is 0 Å². The summed E-state index contributed by atoms with van der Waals surface area (Å²) in [5.74, 6) is 1.28. The number of hydrogen-bond donors (Lipinski definition) is 0. The molecule has 3 fully saturated rings. The van der Waals surface area contributed by atoms with Gasteiger partial charge in [-0.25, -0.2) is 0 Å². The van der Waals surface area contributed by atoms with E-state index in [0.717, 1.165) is 64.8 Å². The van der Waals surface area contributed by atoms with E-state index in [0.29, 0.717) is 12.3 Å². The maximum absolute atomic E-state index is 12.6. The third-order valence-corrected chi connectivity index (χ3v) is 6.54. The second kappa shape index (κ2) is 9.85. The van der Waals surface area contributed by atoms with Crippen molar-refractivity contribution in [3.05, 3.63) is 0 Å². The number of nitrogens with zero attached hydrogens (tertiary/aromatic N) is 5. The van der Waals surface area contributed by atoms with E-state index in [1.54, 1.807) is 6.92 Å². The molecule has 0 saturated carbocycles. The first kappa shape index (κ1) is 20.6. The highest BCUT2D eigenvalue weighted by Gasteiger charge is 2.25. The molecule has 0 bridgehead atoms. The molecule has 0 spiro atoms. The molecular formula is C20H37N5O2. The van der Waals surface area contributed by atoms with Crippen LogP contribution in [0.1, 0.15) is 26.2 Å². The second-order valence-corrected chi connectivity index (χ2v) is 8.53. The average molecular weight is 380 g/mol. The quantitative estimate of drug-likeness (QED) is 0.674. The molecule has 3 heterocycles. The van der Waals surface area contributed by atoms with Gasteiger partial charge in [0.05, 0.1) is 0 Å². The number of hydrogen-bond acceptors (Lipinski definition) is 5. The molecule has 0 radical (unpaired) electrons. The monoisotopic (exact) mass is 379 g/mol. The van der Waals surface area contributed by atoms with Gasteiger partial charge in [-0.2, -0.15) is 0 Å². The third kappa shape index (κ3) is 6.16. The smallest absolute Gasteiger partial charge is 0.223 e. The number of amides is 2. The highest BCUT2D eigenvalue weighted by Crippen LogP contribution is 2.18. The van der Waals surface area contributed by atoms with Crippen molar-refractivity contribution in [1.82, 2.24) is 24.5 Å². The highest BCUT2D eigenvalue weighted by atomic mass is 16.2. The minimum atomic E-state index is 0.156. The van der Waals surface area contributed by atoms with Gasteiger partial charge in [0.25, 0.3) is 0 Å². The zero-order valence-electron chi connectivity index (χ0n) is 17.2. The molecule has 7 heteroatoms. The Kier molecular flexibility index (Phi) is 7.49. The molecule has 3 saturated heterocycles. The molecular weight excluding hydrogens is 342 g/mol. The molecule has 0 N–H and O–H groups in total. The molecule has 154 valence electrons. The van der Waals surface area contributed by atoms with E-state index in [1.807, 2.05) is 4.90 Å². The van der Waals surface area contributed by atoms with Crippen LogP contribution in [0.15, 0.2) is 0 Å². The molecule has 0 aromatic rings. The van der Waals surface area contributed by atoms with Gasteiger partial charge in [-0.3, -0.25) is 19.4 Å². The van der Waals surface area contributed by atoms with Gasteiger partial charge in [-0.1, -0.05) is 0 Å². The Balaban J connectivity index is 1.30. The van der Waals surface area contributed by atoms with Crippen LogP contribution in [0.5, 0.6) is 0 Å². The topological polar surface area (TPSA) is 50.3 Å². The van der Waals surface area contributed by atoms with Crippen LogP contribution in [0.2, 0.25) is 0 Å². The van der Waals surface area contributed by atoms with Crippen molar-refractivity contribution < 1.29 is 9.59 Å². The molecule has 3 aliphatic heterocycles. The number of piperidine rings is 1. The Bertz CT molecular complexity index is 491. The molecule has 7 nitrogen and oxygen atoms in total. The van der Waals surface area contributed by atoms with Gasteiger partial charge in [0.1, 0.15) is 0 Å². The molecule has 3 rings (SSSR count). The van der Waals surface area contributed by atoms with Gasteiger partial charge >= 0.3 is 0 Å². The maximum atomic E-state index is 12.6. The molecule has 3 aliphatic rings. The second-order valence-electron chi connectivity index (χ2n) is 8.53. The van der Waals surface area contributed by atoms with Crippen LogP contribution in [-0.4, -0.2) is 122 Å². The van der Waals surface area contributed by atoms with E-state index in [1.165, 1.54) is 32.5 Å². The van der Waals surface area contributed by atoms with Crippen molar-refractivity contribution in [2.75, 3.05) is 85.6 Å². The van der Waals surface area contributed by atoms with Crippen LogP contribution in [-0.2, 0) is 9.59 Å². The lowest BCUT2D eigenvalue weighted by atomic mass is 9.96. The van der Waals surface area contributed by atoms with E-state index in [-0.39, 0.29) is 5.91 Å². The first-order valence-corrected chi connectivity index (χ1v) is 10.7. The Labute approximate surface area is 164 Å². The normalized spacial score (nSPS) is 24.4. The molecule has 0 atom stereocenters. The summed E-state index contributed by atoms with van der Waals surface area (Å²) in [6.07, 6.45) is 3.23. The lowest BCUT2D eigenvalue weighted by Crippen LogP contribution is -2.51. The molecule has 0 unspecified atom stereocenters. The lowest BCUT2D eigenvalue weighted by molar-refractivity contribution is -0.134. The van der Waals surface area contributed by atoms with Gasteiger partial charge in [-0.15, -0.1) is 0 Å². The van der Waals surface area contributed by atoms with E-state index in [2.05, 4.69) is 26.6 Å². The van der Waals surface area contributed by atoms with Gasteiger partial charge < -0.3 is 14.7 Å². The van der Waals surface area contributed by atoms with Crippen LogP contribution < -0.4 is 0 Å². The van der Waals surface area contributed by atoms with Gasteiger partial charge in [0, 0.05) is 78.8 Å². The Morgan fingerprint density at radius 3 is 1.93 bits per heavy atom. The summed E-state index contributed by atoms with van der Waals surface area (Å²) in [5, 5.41) is 0. The summed E-state index contributed by atoms with van der Waals surface area (Å²) in [5.41, 5.74) is 0. The summed E-state index contributed by atoms with van der Waals surface area (Å²) in [6, 6.07) is 0. The third-order valence-electron chi connectivity index (χ3n) is 6.54. The minimum absolute atomic E-state index is 0.156. The lowest BCUT2D eigenvalue weighted by Gasteiger charge is -2.39. The van der Waals surface area contributed by atoms with Crippen molar-refractivity contribution in [3.8, 4) is 0 Å². The van der Waals surface area contributed by atoms with Gasteiger partial charge in [0.2, 0.25) is 11.8 Å². The number of piperazine rings is 2. The minimum Gasteiger partial charge on any atom is -0.340 e. The fraction of sp³-hybridized carbons (Fsp3) is 0.900. The summed E-state index contributed by atoms with van der Waals surface area (Å²) >= 11 is 0. The zero-order chi connectivity index (χ0) is 19.2. The van der Waals surface area contributed by atoms with Crippen molar-refractivity contribution in [1.29, 1.82) is 0 Å². The molecule has 2 amide bonds. The fourth-order valence-corrected chi connectivity index (χ4v) is 4.49. The number of likely N-dealkylation sites (tertiary alicyclic amines) is 1. The number of carbonyl (C=O) groups excluding carboxylic acids is 2. The van der Waals surface area contributed by atoms with Gasteiger partial charge in [0.15, 0.2) is 0 Å². The van der Waals surface area contributed by atoms with Crippen LogP contribution in [0, 0.1) is 5.92 Å². The number of carbonyl (C=O) groups is 2. The van der Waals surface area contributed by atoms with Crippen molar-refractivity contribution in [2.45, 2.75) is 26.2 Å². The Morgan fingerprint density at radius 1 is 0.778 bits per heavy atom. The first-order valence-electron chi connectivity index (χ1n) is 10.7. The van der Waals surface area contributed by atoms with Crippen molar-refractivity contribution in [2.24, 2.45) is 5.92 Å². The molecule has 27 heavy (non-hydrogen) atoms. The largest absolute Gasteiger partial charge is 0.340 e. The number of rotatable bonds is 5. The van der Waals surface area contributed by atoms with E-state index in [4.69, 9.17) is 0 Å². The Morgan fingerprint density at radius 2 is 1.33 bits per heavy atom. The van der Waals surface area contributed by atoms with Crippen LogP contribution >= 0.6 is 0 Å². The predicted octanol–water partition coefficient (Wildman–Crippen LogP) is 0.0266. The Hall–Kier alpha value is -1.18. The van der Waals surface area contributed by atoms with E-state index in [9.17, 15) is 9.59 Å². The van der Waals surface area contributed by atoms with Gasteiger partial charge in [-0.05, 0) is 38.9 Å². The summed E-state index contributed by atoms with van der Waals surface area (Å²) in [6.45, 7) is 13.3. The van der Waals surface area contributed by atoms with Crippen LogP contribution in [0.3, 0.4) is 0 Å². The maximum Gasteiger partial charge on any atom is 0.223 e. The van der Waals surface area contributed by atoms with Crippen molar-refractivity contribution in [3.63, 3.8) is 0 Å². The summed E-state index contributed by atoms with van der Waals surface area (Å²) in [4.78, 5) is 35.2. The fourth-order valence-electron chi connectivity index (χ4n) is 4.49. The van der Waals surface area contributed by atoms with E-state index >= 15 is 0 Å². The predicted molar refractivity (Wildman–Crippen MR) is 107 cm³/mol. The molecule has 0 aromatic carbocycles. The standard InChI is InChI=1S/C20H37N5O2/c1-18(26)24-13-9-22(10-14-24)8-5-20(27)25-15-11-23(12-16-25)17-19-3-6-21(2)7-4-19/h19H,3-17H2,1-2H3. The summed E-state index contributed by atoms with van der Waals surface area (Å²) < 4.78 is 0. The van der Waals surface area contributed by atoms with Crippen molar-refractivity contribution >= 4 is 11.8 Å².